The smallest absolute Gasteiger partial charge is 0.137 e. The van der Waals surface area contributed by atoms with Gasteiger partial charge in [0.2, 0.25) is 0 Å². The molecule has 3 heterocycles. The summed E-state index contributed by atoms with van der Waals surface area (Å²) in [6.45, 7) is 35.7. The molecule has 294 valence electrons. The summed E-state index contributed by atoms with van der Waals surface area (Å²) in [6, 6.07) is 17.6. The zero-order valence-corrected chi connectivity index (χ0v) is 36.1. The lowest BCUT2D eigenvalue weighted by Crippen LogP contribution is -2.51. The number of hydrogen-bond donors (Lipinski definition) is 0. The maximum absolute atomic E-state index is 4.01. The van der Waals surface area contributed by atoms with Gasteiger partial charge < -0.3 is 0 Å². The van der Waals surface area contributed by atoms with E-state index in [-0.39, 0.29) is 5.41 Å². The summed E-state index contributed by atoms with van der Waals surface area (Å²) < 4.78 is 1.85. The fourth-order valence-corrected chi connectivity index (χ4v) is 10.4. The van der Waals surface area contributed by atoms with Crippen molar-refractivity contribution in [2.24, 2.45) is 44.8 Å². The van der Waals surface area contributed by atoms with Crippen LogP contribution in [0.5, 0.6) is 0 Å². The van der Waals surface area contributed by atoms with Crippen LogP contribution < -0.4 is 0 Å². The van der Waals surface area contributed by atoms with E-state index in [9.17, 15) is 0 Å². The highest BCUT2D eigenvalue weighted by Crippen LogP contribution is 2.65. The van der Waals surface area contributed by atoms with Crippen LogP contribution in [0.15, 0.2) is 61.2 Å². The van der Waals surface area contributed by atoms with E-state index >= 15 is 0 Å². The molecule has 0 N–H and O–H groups in total. The van der Waals surface area contributed by atoms with Crippen molar-refractivity contribution in [3.63, 3.8) is 0 Å². The van der Waals surface area contributed by atoms with Gasteiger partial charge in [0.1, 0.15) is 12.7 Å². The fraction of sp³-hybridized carbons (Fsp3) is 0.708. The molecule has 4 bridgehead atoms. The van der Waals surface area contributed by atoms with Crippen molar-refractivity contribution >= 4 is 0 Å². The number of fused-ring (bicyclic) bond motifs is 2. The van der Waals surface area contributed by atoms with E-state index in [1.807, 2.05) is 4.68 Å². The molecule has 0 amide bonds. The van der Waals surface area contributed by atoms with Gasteiger partial charge in [-0.1, -0.05) is 132 Å². The second kappa shape index (κ2) is 16.7. The summed E-state index contributed by atoms with van der Waals surface area (Å²) in [7, 11) is 0. The molecular formula is C48H77N5. The third-order valence-electron chi connectivity index (χ3n) is 12.2. The second-order valence-corrected chi connectivity index (χ2v) is 22.4. The minimum absolute atomic E-state index is 0.285. The standard InChI is InChI=1S/C14H21N.C14H24.C13H19N.C7H13N3/c1-14(2,3)11-15-9-8-12-6-4-5-7-13(12)10-15;1-13(2,3)14-7-10-4-11(8-14)6-12(5-10)9-14;1-13(2,3)10-14-8-11-6-4-5-7-12(11)9-14;1-7(2,3)4-10-6-8-5-9-10/h4-7H,8-11H2,1-3H3;10-12H,4-9H2,1-3H3;4-7H,8-10H2,1-3H3;5-6H,4H2,1-3H3. The maximum atomic E-state index is 4.01. The highest BCUT2D eigenvalue weighted by molar-refractivity contribution is 5.30. The highest BCUT2D eigenvalue weighted by Gasteiger charge is 2.55. The van der Waals surface area contributed by atoms with Crippen LogP contribution in [0.1, 0.15) is 144 Å². The predicted molar refractivity (Wildman–Crippen MR) is 224 cm³/mol. The van der Waals surface area contributed by atoms with E-state index in [2.05, 4.69) is 151 Å². The summed E-state index contributed by atoms with van der Waals surface area (Å²) in [6.07, 6.45) is 13.9. The van der Waals surface area contributed by atoms with Crippen LogP contribution in [0.4, 0.5) is 0 Å². The van der Waals surface area contributed by atoms with Gasteiger partial charge in [-0.2, -0.15) is 5.10 Å². The number of hydrogen-bond acceptors (Lipinski definition) is 4. The average Bonchev–Trinajstić information content (AvgIpc) is 3.67. The summed E-state index contributed by atoms with van der Waals surface area (Å²) >= 11 is 0. The van der Waals surface area contributed by atoms with Crippen LogP contribution in [-0.2, 0) is 32.6 Å². The van der Waals surface area contributed by atoms with E-state index in [1.54, 1.807) is 56.7 Å². The van der Waals surface area contributed by atoms with E-state index in [0.717, 1.165) is 49.3 Å². The van der Waals surface area contributed by atoms with Gasteiger partial charge in [-0.25, -0.2) is 4.98 Å². The normalized spacial score (nSPS) is 25.2. The first-order valence-electron chi connectivity index (χ1n) is 21.1. The van der Waals surface area contributed by atoms with Crippen molar-refractivity contribution in [3.05, 3.63) is 83.4 Å². The summed E-state index contributed by atoms with van der Waals surface area (Å²) in [5.74, 6) is 3.33. The topological polar surface area (TPSA) is 37.2 Å². The molecule has 6 aliphatic rings. The third-order valence-corrected chi connectivity index (χ3v) is 12.2. The maximum Gasteiger partial charge on any atom is 0.137 e. The molecule has 5 heteroatoms. The molecular weight excluding hydrogens is 647 g/mol. The predicted octanol–water partition coefficient (Wildman–Crippen LogP) is 11.7. The molecule has 0 unspecified atom stereocenters. The zero-order valence-electron chi connectivity index (χ0n) is 36.1. The van der Waals surface area contributed by atoms with Crippen LogP contribution in [0.2, 0.25) is 0 Å². The Labute approximate surface area is 325 Å². The van der Waals surface area contributed by atoms with E-state index in [1.165, 1.54) is 42.7 Å². The van der Waals surface area contributed by atoms with Gasteiger partial charge in [0.15, 0.2) is 0 Å². The van der Waals surface area contributed by atoms with Crippen molar-refractivity contribution in [1.29, 1.82) is 0 Å². The van der Waals surface area contributed by atoms with Crippen molar-refractivity contribution in [2.75, 3.05) is 19.6 Å². The number of aromatic nitrogens is 3. The summed E-state index contributed by atoms with van der Waals surface area (Å²) in [5.41, 5.74) is 8.48. The molecule has 9 rings (SSSR count). The SMILES string of the molecule is CC(C)(C)C12CC3CC(CC(C3)C1)C2.CC(C)(C)CN1CCc2ccccc2C1.CC(C)(C)CN1Cc2ccccc2C1.CC(C)(C)Cn1cncn1. The Morgan fingerprint density at radius 1 is 0.566 bits per heavy atom. The van der Waals surface area contributed by atoms with Crippen molar-refractivity contribution in [1.82, 2.24) is 24.6 Å². The van der Waals surface area contributed by atoms with Crippen molar-refractivity contribution in [2.45, 2.75) is 154 Å². The zero-order chi connectivity index (χ0) is 38.7. The molecule has 1 aromatic heterocycles. The first kappa shape index (κ1) is 41.7. The molecule has 4 saturated carbocycles. The number of rotatable bonds is 3. The molecule has 0 saturated heterocycles. The van der Waals surface area contributed by atoms with Gasteiger partial charge in [-0.05, 0) is 112 Å². The molecule has 0 spiro atoms. The van der Waals surface area contributed by atoms with Crippen molar-refractivity contribution in [3.8, 4) is 0 Å². The lowest BCUT2D eigenvalue weighted by atomic mass is 9.43. The van der Waals surface area contributed by atoms with Gasteiger partial charge in [-0.3, -0.25) is 14.5 Å². The third kappa shape index (κ3) is 12.5. The Hall–Kier alpha value is -2.50. The van der Waals surface area contributed by atoms with Gasteiger partial charge in [-0.15, -0.1) is 0 Å². The lowest BCUT2D eigenvalue weighted by molar-refractivity contribution is -0.113. The van der Waals surface area contributed by atoms with Gasteiger partial charge in [0, 0.05) is 45.8 Å². The van der Waals surface area contributed by atoms with Gasteiger partial charge >= 0.3 is 0 Å². The largest absolute Gasteiger partial charge is 0.298 e. The monoisotopic (exact) mass is 724 g/mol. The highest BCUT2D eigenvalue weighted by atomic mass is 15.3. The van der Waals surface area contributed by atoms with Gasteiger partial charge in [0.05, 0.1) is 0 Å². The molecule has 4 fully saturated rings. The number of nitrogens with zero attached hydrogens (tertiary/aromatic N) is 5. The van der Waals surface area contributed by atoms with Crippen LogP contribution in [0, 0.1) is 44.8 Å². The molecule has 2 aliphatic heterocycles. The number of benzene rings is 2. The molecule has 53 heavy (non-hydrogen) atoms. The minimum Gasteiger partial charge on any atom is -0.298 e. The molecule has 5 nitrogen and oxygen atoms in total. The molecule has 0 radical (unpaired) electrons. The Morgan fingerprint density at radius 3 is 1.40 bits per heavy atom. The minimum atomic E-state index is 0.285. The fourth-order valence-electron chi connectivity index (χ4n) is 10.4. The van der Waals surface area contributed by atoms with Crippen molar-refractivity contribution < 1.29 is 0 Å². The van der Waals surface area contributed by atoms with Crippen LogP contribution in [0.25, 0.3) is 0 Å². The van der Waals surface area contributed by atoms with E-state index in [0.29, 0.717) is 16.2 Å². The molecule has 0 atom stereocenters. The van der Waals surface area contributed by atoms with E-state index < -0.39 is 0 Å². The Bertz CT molecular complexity index is 1500. The quantitative estimate of drug-likeness (QED) is 0.270. The average molecular weight is 724 g/mol. The van der Waals surface area contributed by atoms with Crippen LogP contribution in [-0.4, -0.2) is 44.2 Å². The van der Waals surface area contributed by atoms with Crippen LogP contribution in [0.3, 0.4) is 0 Å². The van der Waals surface area contributed by atoms with Gasteiger partial charge in [0.25, 0.3) is 0 Å². The first-order chi connectivity index (χ1) is 24.7. The Morgan fingerprint density at radius 2 is 0.981 bits per heavy atom. The Kier molecular flexibility index (Phi) is 13.1. The molecule has 4 aliphatic carbocycles. The second-order valence-electron chi connectivity index (χ2n) is 22.4. The molecule has 3 aromatic rings. The first-order valence-corrected chi connectivity index (χ1v) is 21.1. The van der Waals surface area contributed by atoms with E-state index in [4.69, 9.17) is 0 Å². The lowest BCUT2D eigenvalue weighted by Gasteiger charge is -2.62. The summed E-state index contributed by atoms with van der Waals surface area (Å²) in [4.78, 5) is 8.96. The Balaban J connectivity index is 0.000000138. The van der Waals surface area contributed by atoms with Crippen LogP contribution >= 0.6 is 0 Å². The molecule has 2 aromatic carbocycles. The summed E-state index contributed by atoms with van der Waals surface area (Å²) in [5, 5.41) is 4.01.